The number of aromatic nitrogens is 3. The van der Waals surface area contributed by atoms with E-state index in [2.05, 4.69) is 31.1 Å². The van der Waals surface area contributed by atoms with Gasteiger partial charge in [-0.2, -0.15) is 0 Å². The summed E-state index contributed by atoms with van der Waals surface area (Å²) in [5.74, 6) is 2.29. The Hall–Kier alpha value is -0.580. The summed E-state index contributed by atoms with van der Waals surface area (Å²) in [6, 6.07) is -0.201. The molecule has 0 spiro atoms. The smallest absolute Gasteiger partial charge is 0.389 e. The lowest BCUT2D eigenvalue weighted by molar-refractivity contribution is -0.133. The second-order valence-electron chi connectivity index (χ2n) is 14.5. The van der Waals surface area contributed by atoms with Crippen molar-refractivity contribution < 1.29 is 32.9 Å². The van der Waals surface area contributed by atoms with E-state index in [-0.39, 0.29) is 24.7 Å². The number of nitrogens with zero attached hydrogens (tertiary/aromatic N) is 4. The van der Waals surface area contributed by atoms with Crippen molar-refractivity contribution >= 4 is 33.1 Å². The number of hydrogen-bond acceptors (Lipinski definition) is 10. The Morgan fingerprint density at radius 1 is 1.12 bits per heavy atom. The lowest BCUT2D eigenvalue weighted by atomic mass is 9.80. The van der Waals surface area contributed by atoms with Crippen molar-refractivity contribution in [2.24, 2.45) is 17.8 Å². The molecule has 0 aromatic carbocycles. The van der Waals surface area contributed by atoms with E-state index in [1.54, 1.807) is 9.58 Å². The van der Waals surface area contributed by atoms with Gasteiger partial charge in [-0.05, 0) is 80.3 Å². The Balaban J connectivity index is 1.31. The van der Waals surface area contributed by atoms with Gasteiger partial charge in [0.2, 0.25) is 5.91 Å². The molecule has 0 radical (unpaired) electrons. The van der Waals surface area contributed by atoms with E-state index in [9.17, 15) is 14.5 Å². The van der Waals surface area contributed by atoms with Gasteiger partial charge in [-0.15, -0.1) is 5.10 Å². The molecule has 1 amide bonds. The van der Waals surface area contributed by atoms with E-state index in [0.717, 1.165) is 56.1 Å². The molecule has 2 aliphatic rings. The molecule has 3 rings (SSSR count). The zero-order valence-electron chi connectivity index (χ0n) is 30.7. The molecular weight excluding hydrogens is 682 g/mol. The molecule has 1 saturated carbocycles. The summed E-state index contributed by atoms with van der Waals surface area (Å²) < 4.78 is 32.5. The van der Waals surface area contributed by atoms with Crippen molar-refractivity contribution in [3.05, 3.63) is 11.9 Å². The Kier molecular flexibility index (Phi) is 20.9. The summed E-state index contributed by atoms with van der Waals surface area (Å²) in [5, 5.41) is 18.5. The van der Waals surface area contributed by atoms with Crippen LogP contribution in [0.4, 0.5) is 0 Å². The van der Waals surface area contributed by atoms with Crippen LogP contribution in [0.15, 0.2) is 6.20 Å². The first-order valence-electron chi connectivity index (χ1n) is 19.0. The fourth-order valence-electron chi connectivity index (χ4n) is 7.55. The quantitative estimate of drug-likeness (QED) is 0.0703. The van der Waals surface area contributed by atoms with Gasteiger partial charge < -0.3 is 23.9 Å². The zero-order chi connectivity index (χ0) is 35.5. The number of likely N-dealkylation sites (tertiary alicyclic amines) is 1. The molecular formula is C35H66N4O7P2S. The van der Waals surface area contributed by atoms with Crippen LogP contribution < -0.4 is 0 Å². The molecule has 3 unspecified atom stereocenters. The van der Waals surface area contributed by atoms with Gasteiger partial charge in [0, 0.05) is 25.7 Å². The van der Waals surface area contributed by atoms with Crippen LogP contribution >= 0.6 is 27.2 Å². The summed E-state index contributed by atoms with van der Waals surface area (Å²) >= 11 is 1.21. The minimum atomic E-state index is -3.20. The summed E-state index contributed by atoms with van der Waals surface area (Å²) in [4.78, 5) is 23.3. The van der Waals surface area contributed by atoms with E-state index < -0.39 is 21.9 Å². The first-order valence-corrected chi connectivity index (χ1v) is 23.3. The van der Waals surface area contributed by atoms with Gasteiger partial charge in [0.05, 0.1) is 37.2 Å². The summed E-state index contributed by atoms with van der Waals surface area (Å²) in [6.07, 6.45) is 21.8. The minimum Gasteiger partial charge on any atom is -0.391 e. The van der Waals surface area contributed by atoms with Crippen molar-refractivity contribution in [3.8, 4) is 0 Å². The monoisotopic (exact) mass is 748 g/mol. The highest BCUT2D eigenvalue weighted by Gasteiger charge is 2.34. The number of hydrogen-bond donors (Lipinski definition) is 2. The second kappa shape index (κ2) is 23.9. The Bertz CT molecular complexity index is 1100. The molecule has 1 aromatic rings. The van der Waals surface area contributed by atoms with Gasteiger partial charge >= 0.3 is 6.80 Å². The summed E-state index contributed by atoms with van der Waals surface area (Å²) in [5.41, 5.74) is 0.880. The van der Waals surface area contributed by atoms with Crippen LogP contribution in [0, 0.1) is 17.8 Å². The van der Waals surface area contributed by atoms with Crippen molar-refractivity contribution in [1.82, 2.24) is 19.9 Å². The van der Waals surface area contributed by atoms with E-state index in [1.165, 1.54) is 69.2 Å². The van der Waals surface area contributed by atoms with Gasteiger partial charge in [-0.1, -0.05) is 90.2 Å². The maximum atomic E-state index is 13.5. The number of aryl methyl sites for hydroxylation is 2. The molecule has 14 heteroatoms. The average molecular weight is 749 g/mol. The van der Waals surface area contributed by atoms with Crippen molar-refractivity contribution in [3.63, 3.8) is 0 Å². The third-order valence-corrected chi connectivity index (χ3v) is 14.0. The van der Waals surface area contributed by atoms with Crippen LogP contribution in [-0.4, -0.2) is 80.1 Å². The number of amides is 1. The number of aliphatic hydroxyl groups excluding tert-OH is 1. The van der Waals surface area contributed by atoms with Crippen LogP contribution in [0.1, 0.15) is 136 Å². The molecule has 49 heavy (non-hydrogen) atoms. The summed E-state index contributed by atoms with van der Waals surface area (Å²) in [6.45, 7) is 5.30. The SMILES string of the molecule is CCC[C@@H](C)CC[C@H](CCC)CC[C@@H]1CCCC(OP(=O)(OCCCCc2cn(CCCC(=O)N3C[C@@H](O)C[C@H]3COPO)nn2)SC)C1. The fraction of sp³-hybridized carbons (Fsp3) is 0.914. The Labute approximate surface area is 302 Å². The molecule has 8 atom stereocenters. The molecule has 2 fully saturated rings. The topological polar surface area (TPSA) is 136 Å². The summed E-state index contributed by atoms with van der Waals surface area (Å²) in [7, 11) is -0.626. The third kappa shape index (κ3) is 16.3. The lowest BCUT2D eigenvalue weighted by Crippen LogP contribution is -2.38. The van der Waals surface area contributed by atoms with Crippen molar-refractivity contribution in [2.45, 2.75) is 161 Å². The maximum Gasteiger partial charge on any atom is 0.389 e. The van der Waals surface area contributed by atoms with Gasteiger partial charge in [-0.3, -0.25) is 14.0 Å². The van der Waals surface area contributed by atoms with E-state index in [1.807, 2.05) is 12.5 Å². The lowest BCUT2D eigenvalue weighted by Gasteiger charge is -2.32. The predicted molar refractivity (Wildman–Crippen MR) is 200 cm³/mol. The molecule has 1 aromatic heterocycles. The minimum absolute atomic E-state index is 0.0144. The average Bonchev–Trinajstić information content (AvgIpc) is 3.70. The predicted octanol–water partition coefficient (Wildman–Crippen LogP) is 8.34. The van der Waals surface area contributed by atoms with E-state index in [0.29, 0.717) is 44.9 Å². The number of rotatable bonds is 26. The fourth-order valence-corrected chi connectivity index (χ4v) is 10.1. The molecule has 1 aliphatic carbocycles. The van der Waals surface area contributed by atoms with Crippen LogP contribution in [0.5, 0.6) is 0 Å². The molecule has 2 N–H and O–H groups in total. The highest BCUT2D eigenvalue weighted by atomic mass is 32.7. The third-order valence-electron chi connectivity index (χ3n) is 10.3. The highest BCUT2D eigenvalue weighted by molar-refractivity contribution is 8.54. The number of carbonyl (C=O) groups is 1. The standard InChI is InChI=1S/C35H66N4O7P2S/c1-5-11-28(3)17-18-29(12-6-2)19-20-30-13-9-15-34(23-30)46-48(43,49-4)45-22-8-7-14-31-25-38(37-36-31)21-10-16-35(41)39-26-33(40)24-32(39)27-44-47-42/h25,28-30,32-34,40,42,47H,5-24,26-27H2,1-4H3/t28-,29+,30+,32+,33+,34?,48?/m1/s1. The normalized spacial score (nSPS) is 24.1. The maximum absolute atomic E-state index is 13.5. The van der Waals surface area contributed by atoms with Crippen LogP contribution in [0.3, 0.4) is 0 Å². The molecule has 2 heterocycles. The Morgan fingerprint density at radius 3 is 2.69 bits per heavy atom. The molecule has 0 bridgehead atoms. The van der Waals surface area contributed by atoms with Gasteiger partial charge in [0.1, 0.15) is 0 Å². The molecule has 1 saturated heterocycles. The molecule has 1 aliphatic heterocycles. The van der Waals surface area contributed by atoms with E-state index >= 15 is 0 Å². The Morgan fingerprint density at radius 2 is 1.94 bits per heavy atom. The number of aliphatic hydroxyl groups is 1. The van der Waals surface area contributed by atoms with Gasteiger partial charge in [-0.25, -0.2) is 4.57 Å². The van der Waals surface area contributed by atoms with Crippen molar-refractivity contribution in [1.29, 1.82) is 0 Å². The molecule has 284 valence electrons. The first kappa shape index (κ1) is 42.8. The van der Waals surface area contributed by atoms with Gasteiger partial charge in [0.25, 0.3) is 0 Å². The van der Waals surface area contributed by atoms with Crippen LogP contribution in [0.25, 0.3) is 0 Å². The number of carbonyl (C=O) groups excluding carboxylic acids is 1. The van der Waals surface area contributed by atoms with Crippen LogP contribution in [-0.2, 0) is 35.9 Å². The molecule has 11 nitrogen and oxygen atoms in total. The number of β-amino-alcohol motifs (C(OH)–C–C–N with tert-alkyl or cyclic N) is 1. The largest absolute Gasteiger partial charge is 0.391 e. The highest BCUT2D eigenvalue weighted by Crippen LogP contribution is 2.61. The van der Waals surface area contributed by atoms with Crippen molar-refractivity contribution in [2.75, 3.05) is 26.0 Å². The zero-order valence-corrected chi connectivity index (χ0v) is 33.4. The second-order valence-corrected chi connectivity index (χ2v) is 19.1. The van der Waals surface area contributed by atoms with Crippen LogP contribution in [0.2, 0.25) is 0 Å². The van der Waals surface area contributed by atoms with E-state index in [4.69, 9.17) is 18.5 Å². The number of unbranched alkanes of at least 4 members (excludes halogenated alkanes) is 1. The first-order chi connectivity index (χ1) is 23.7. The van der Waals surface area contributed by atoms with Gasteiger partial charge in [0.15, 0.2) is 9.03 Å².